The Balaban J connectivity index is 2.17. The van der Waals surface area contributed by atoms with Gasteiger partial charge in [0, 0.05) is 17.1 Å². The molecule has 0 radical (unpaired) electrons. The van der Waals surface area contributed by atoms with Crippen molar-refractivity contribution in [3.05, 3.63) is 68.9 Å². The van der Waals surface area contributed by atoms with Crippen LogP contribution < -0.4 is 5.56 Å². The summed E-state index contributed by atoms with van der Waals surface area (Å²) in [4.78, 5) is 21.3. The Bertz CT molecular complexity index is 903. The van der Waals surface area contributed by atoms with Gasteiger partial charge in [0.05, 0.1) is 22.8 Å². The number of pyridine rings is 1. The lowest BCUT2D eigenvalue weighted by molar-refractivity contribution is 0.734. The molecule has 0 unspecified atom stereocenters. The number of rotatable bonds is 3. The predicted molar refractivity (Wildman–Crippen MR) is 90.3 cm³/mol. The summed E-state index contributed by atoms with van der Waals surface area (Å²) in [6, 6.07) is 11.0. The average Bonchev–Trinajstić information content (AvgIpc) is 2.55. The minimum absolute atomic E-state index is 0.185. The first-order chi connectivity index (χ1) is 10.7. The van der Waals surface area contributed by atoms with Crippen LogP contribution in [0.5, 0.6) is 0 Å². The highest BCUT2D eigenvalue weighted by atomic mass is 79.9. The lowest BCUT2D eigenvalue weighted by atomic mass is 10.2. The van der Waals surface area contributed by atoms with Crippen molar-refractivity contribution < 1.29 is 0 Å². The van der Waals surface area contributed by atoms with E-state index in [1.807, 2.05) is 37.3 Å². The zero-order chi connectivity index (χ0) is 15.5. The molecule has 110 valence electrons. The first kappa shape index (κ1) is 14.6. The van der Waals surface area contributed by atoms with E-state index in [2.05, 4.69) is 31.0 Å². The maximum Gasteiger partial charge on any atom is 0.282 e. The Kier molecular flexibility index (Phi) is 4.11. The van der Waals surface area contributed by atoms with E-state index in [1.165, 1.54) is 4.68 Å². The SMILES string of the molecule is CCc1nc2ccc(Br)cc2c(=O)n1N=Cc1ccccn1. The largest absolute Gasteiger partial charge is 0.282 e. The normalized spacial score (nSPS) is 11.4. The molecule has 6 heteroatoms. The van der Waals surface area contributed by atoms with Crippen LogP contribution in [0.1, 0.15) is 18.4 Å². The zero-order valence-corrected chi connectivity index (χ0v) is 13.5. The van der Waals surface area contributed by atoms with E-state index in [1.54, 1.807) is 18.5 Å². The fraction of sp³-hybridized carbons (Fsp3) is 0.125. The van der Waals surface area contributed by atoms with Crippen LogP contribution in [-0.4, -0.2) is 20.9 Å². The molecule has 3 rings (SSSR count). The van der Waals surface area contributed by atoms with Crippen LogP contribution in [-0.2, 0) is 6.42 Å². The van der Waals surface area contributed by atoms with E-state index in [4.69, 9.17) is 0 Å². The van der Waals surface area contributed by atoms with Gasteiger partial charge in [-0.05, 0) is 30.3 Å². The molecule has 0 aliphatic carbocycles. The Morgan fingerprint density at radius 3 is 2.91 bits per heavy atom. The van der Waals surface area contributed by atoms with Crippen LogP contribution in [0.25, 0.3) is 10.9 Å². The Morgan fingerprint density at radius 1 is 1.32 bits per heavy atom. The van der Waals surface area contributed by atoms with Crippen LogP contribution in [0.3, 0.4) is 0 Å². The molecule has 0 aliphatic heterocycles. The number of nitrogens with zero attached hydrogens (tertiary/aromatic N) is 4. The molecular weight excluding hydrogens is 344 g/mol. The molecule has 0 spiro atoms. The summed E-state index contributed by atoms with van der Waals surface area (Å²) >= 11 is 3.38. The number of fused-ring (bicyclic) bond motifs is 1. The third kappa shape index (κ3) is 2.82. The van der Waals surface area contributed by atoms with Crippen molar-refractivity contribution in [2.24, 2.45) is 5.10 Å². The molecule has 2 heterocycles. The molecule has 0 aliphatic rings. The molecular formula is C16H13BrN4O. The van der Waals surface area contributed by atoms with Gasteiger partial charge in [0.1, 0.15) is 5.82 Å². The van der Waals surface area contributed by atoms with Crippen molar-refractivity contribution in [2.75, 3.05) is 0 Å². The molecule has 2 aromatic heterocycles. The number of aromatic nitrogens is 3. The standard InChI is InChI=1S/C16H13BrN4O/c1-2-15-20-14-7-6-11(17)9-13(14)16(22)21(15)19-10-12-5-3-4-8-18-12/h3-10H,2H2,1H3. The van der Waals surface area contributed by atoms with Gasteiger partial charge in [0.15, 0.2) is 0 Å². The average molecular weight is 357 g/mol. The highest BCUT2D eigenvalue weighted by Gasteiger charge is 2.09. The summed E-state index contributed by atoms with van der Waals surface area (Å²) in [7, 11) is 0. The monoisotopic (exact) mass is 356 g/mol. The van der Waals surface area contributed by atoms with Crippen molar-refractivity contribution in [3.63, 3.8) is 0 Å². The van der Waals surface area contributed by atoms with Crippen LogP contribution in [0.15, 0.2) is 57.0 Å². The quantitative estimate of drug-likeness (QED) is 0.677. The molecule has 0 bridgehead atoms. The van der Waals surface area contributed by atoms with Crippen molar-refractivity contribution in [3.8, 4) is 0 Å². The van der Waals surface area contributed by atoms with E-state index < -0.39 is 0 Å². The molecule has 0 amide bonds. The molecule has 0 atom stereocenters. The van der Waals surface area contributed by atoms with Gasteiger partial charge in [-0.25, -0.2) is 4.98 Å². The lowest BCUT2D eigenvalue weighted by Crippen LogP contribution is -2.22. The van der Waals surface area contributed by atoms with Gasteiger partial charge in [0.2, 0.25) is 0 Å². The number of halogens is 1. The summed E-state index contributed by atoms with van der Waals surface area (Å²) in [5.41, 5.74) is 1.18. The molecule has 1 aromatic carbocycles. The van der Waals surface area contributed by atoms with Crippen molar-refractivity contribution >= 4 is 33.0 Å². The summed E-state index contributed by atoms with van der Waals surface area (Å²) in [6.07, 6.45) is 3.85. The molecule has 0 saturated heterocycles. The van der Waals surface area contributed by atoms with Gasteiger partial charge < -0.3 is 0 Å². The molecule has 0 N–H and O–H groups in total. The second-order valence-corrected chi connectivity index (χ2v) is 5.57. The third-order valence-electron chi connectivity index (χ3n) is 3.18. The summed E-state index contributed by atoms with van der Waals surface area (Å²) in [5, 5.41) is 4.80. The van der Waals surface area contributed by atoms with Gasteiger partial charge in [-0.2, -0.15) is 9.78 Å². The summed E-state index contributed by atoms with van der Waals surface area (Å²) in [5.74, 6) is 0.618. The maximum absolute atomic E-state index is 12.6. The number of aryl methyl sites for hydroxylation is 1. The summed E-state index contributed by atoms with van der Waals surface area (Å²) in [6.45, 7) is 1.94. The molecule has 3 aromatic rings. The predicted octanol–water partition coefficient (Wildman–Crippen LogP) is 3.00. The molecule has 0 fully saturated rings. The van der Waals surface area contributed by atoms with Gasteiger partial charge in [-0.3, -0.25) is 9.78 Å². The van der Waals surface area contributed by atoms with E-state index in [0.717, 1.165) is 4.47 Å². The maximum atomic E-state index is 12.6. The molecule has 22 heavy (non-hydrogen) atoms. The topological polar surface area (TPSA) is 60.1 Å². The van der Waals surface area contributed by atoms with Crippen LogP contribution in [0.2, 0.25) is 0 Å². The second kappa shape index (κ2) is 6.19. The number of hydrogen-bond donors (Lipinski definition) is 0. The summed E-state index contributed by atoms with van der Waals surface area (Å²) < 4.78 is 2.17. The van der Waals surface area contributed by atoms with Crippen LogP contribution in [0, 0.1) is 0 Å². The molecule has 0 saturated carbocycles. The van der Waals surface area contributed by atoms with Crippen LogP contribution in [0.4, 0.5) is 0 Å². The third-order valence-corrected chi connectivity index (χ3v) is 3.68. The Hall–Kier alpha value is -2.34. The lowest BCUT2D eigenvalue weighted by Gasteiger charge is -2.07. The van der Waals surface area contributed by atoms with Gasteiger partial charge in [0.25, 0.3) is 5.56 Å². The zero-order valence-electron chi connectivity index (χ0n) is 11.9. The highest BCUT2D eigenvalue weighted by molar-refractivity contribution is 9.10. The highest BCUT2D eigenvalue weighted by Crippen LogP contribution is 2.16. The van der Waals surface area contributed by atoms with E-state index in [0.29, 0.717) is 28.8 Å². The van der Waals surface area contributed by atoms with E-state index >= 15 is 0 Å². The number of benzene rings is 1. The van der Waals surface area contributed by atoms with Crippen LogP contribution >= 0.6 is 15.9 Å². The minimum Gasteiger partial charge on any atom is -0.267 e. The fourth-order valence-corrected chi connectivity index (χ4v) is 2.47. The second-order valence-electron chi connectivity index (χ2n) is 4.66. The fourth-order valence-electron chi connectivity index (χ4n) is 2.11. The van der Waals surface area contributed by atoms with Crippen molar-refractivity contribution in [2.45, 2.75) is 13.3 Å². The van der Waals surface area contributed by atoms with E-state index in [9.17, 15) is 4.79 Å². The van der Waals surface area contributed by atoms with Gasteiger partial charge in [-0.1, -0.05) is 28.9 Å². The van der Waals surface area contributed by atoms with Gasteiger partial charge >= 0.3 is 0 Å². The first-order valence-corrected chi connectivity index (χ1v) is 7.65. The molecule has 5 nitrogen and oxygen atoms in total. The minimum atomic E-state index is -0.185. The first-order valence-electron chi connectivity index (χ1n) is 6.85. The number of hydrogen-bond acceptors (Lipinski definition) is 4. The smallest absolute Gasteiger partial charge is 0.267 e. The van der Waals surface area contributed by atoms with Gasteiger partial charge in [-0.15, -0.1) is 0 Å². The van der Waals surface area contributed by atoms with Crippen molar-refractivity contribution in [1.82, 2.24) is 14.6 Å². The van der Waals surface area contributed by atoms with Crippen molar-refractivity contribution in [1.29, 1.82) is 0 Å². The Labute approximate surface area is 135 Å². The van der Waals surface area contributed by atoms with E-state index in [-0.39, 0.29) is 5.56 Å². The Morgan fingerprint density at radius 2 is 2.18 bits per heavy atom.